The van der Waals surface area contributed by atoms with Gasteiger partial charge in [-0.2, -0.15) is 0 Å². The lowest BCUT2D eigenvalue weighted by atomic mass is 9.99. The summed E-state index contributed by atoms with van der Waals surface area (Å²) in [6.45, 7) is 6.82. The molecule has 0 radical (unpaired) electrons. The summed E-state index contributed by atoms with van der Waals surface area (Å²) in [6, 6.07) is 6.02. The van der Waals surface area contributed by atoms with E-state index in [0.29, 0.717) is 57.5 Å². The molecule has 3 unspecified atom stereocenters. The van der Waals surface area contributed by atoms with Crippen molar-refractivity contribution < 1.29 is 28.6 Å². The molecule has 4 fully saturated rings. The number of amides is 2. The van der Waals surface area contributed by atoms with Gasteiger partial charge in [-0.1, -0.05) is 6.07 Å². The molecule has 1 aromatic heterocycles. The minimum Gasteiger partial charge on any atom is -0.486 e. The quantitative estimate of drug-likeness (QED) is 0.235. The number of aliphatic hydroxyl groups is 1. The molecule has 256 valence electrons. The van der Waals surface area contributed by atoms with Gasteiger partial charge in [0.1, 0.15) is 18.6 Å². The number of hydrogen-bond donors (Lipinski definition) is 4. The first-order valence-corrected chi connectivity index (χ1v) is 17.0. The summed E-state index contributed by atoms with van der Waals surface area (Å²) >= 11 is 0. The van der Waals surface area contributed by atoms with E-state index in [1.807, 2.05) is 18.0 Å². The number of fused-ring (bicyclic) bond motifs is 1. The van der Waals surface area contributed by atoms with Gasteiger partial charge in [-0.05, 0) is 49.6 Å². The lowest BCUT2D eigenvalue weighted by Crippen LogP contribution is -2.73. The van der Waals surface area contributed by atoms with Crippen LogP contribution in [0.5, 0.6) is 5.75 Å². The van der Waals surface area contributed by atoms with E-state index in [2.05, 4.69) is 47.8 Å². The molecule has 4 aliphatic heterocycles. The van der Waals surface area contributed by atoms with Gasteiger partial charge in [0.2, 0.25) is 11.8 Å². The molecule has 0 bridgehead atoms. The Morgan fingerprint density at radius 1 is 1.15 bits per heavy atom. The lowest BCUT2D eigenvalue weighted by molar-refractivity contribution is -0.140. The Bertz CT molecular complexity index is 1360. The molecule has 3 saturated heterocycles. The summed E-state index contributed by atoms with van der Waals surface area (Å²) in [7, 11) is 1.98. The summed E-state index contributed by atoms with van der Waals surface area (Å²) in [5, 5.41) is 21.3. The fourth-order valence-electron chi connectivity index (χ4n) is 7.09. The van der Waals surface area contributed by atoms with Crippen LogP contribution in [0.2, 0.25) is 0 Å². The first kappa shape index (κ1) is 32.4. The number of hydrogen-bond acceptors (Lipinski definition) is 12. The van der Waals surface area contributed by atoms with Crippen molar-refractivity contribution in [3.05, 3.63) is 47.7 Å². The van der Waals surface area contributed by atoms with Crippen molar-refractivity contribution in [1.29, 1.82) is 0 Å². The zero-order valence-corrected chi connectivity index (χ0v) is 27.2. The van der Waals surface area contributed by atoms with Gasteiger partial charge >= 0.3 is 0 Å². The van der Waals surface area contributed by atoms with E-state index in [0.717, 1.165) is 51.2 Å². The van der Waals surface area contributed by atoms with Crippen LogP contribution in [-0.2, 0) is 33.9 Å². The summed E-state index contributed by atoms with van der Waals surface area (Å²) in [5.41, 5.74) is 2.46. The Hall–Kier alpha value is -3.11. The minimum atomic E-state index is -0.689. The van der Waals surface area contributed by atoms with Gasteiger partial charge in [0, 0.05) is 64.7 Å². The molecule has 4 N–H and O–H groups in total. The summed E-state index contributed by atoms with van der Waals surface area (Å²) < 4.78 is 16.5. The topological polar surface area (TPSA) is 148 Å². The van der Waals surface area contributed by atoms with Gasteiger partial charge < -0.3 is 29.2 Å². The Kier molecular flexibility index (Phi) is 10.1. The number of piperazine rings is 1. The summed E-state index contributed by atoms with van der Waals surface area (Å²) in [4.78, 5) is 38.8. The number of β-amino-alcohol motifs (C(OH)–C–C–N with tert-alkyl or cyclic N) is 1. The van der Waals surface area contributed by atoms with Crippen LogP contribution in [0, 0.1) is 5.92 Å². The van der Waals surface area contributed by atoms with Gasteiger partial charge in [-0.25, -0.2) is 4.98 Å². The van der Waals surface area contributed by atoms with E-state index in [9.17, 15) is 14.7 Å². The average molecular weight is 653 g/mol. The number of benzene rings is 1. The van der Waals surface area contributed by atoms with E-state index in [1.165, 1.54) is 17.5 Å². The molecule has 1 saturated carbocycles. The van der Waals surface area contributed by atoms with Crippen LogP contribution in [-0.4, -0.2) is 138 Å². The zero-order valence-electron chi connectivity index (χ0n) is 27.2. The molecule has 4 atom stereocenters. The van der Waals surface area contributed by atoms with E-state index >= 15 is 0 Å². The maximum Gasteiger partial charge on any atom is 0.237 e. The number of nitrogens with one attached hydrogen (secondary N) is 3. The van der Waals surface area contributed by atoms with Crippen molar-refractivity contribution >= 4 is 11.8 Å². The van der Waals surface area contributed by atoms with Crippen LogP contribution < -0.4 is 20.7 Å². The largest absolute Gasteiger partial charge is 0.486 e. The molecule has 47 heavy (non-hydrogen) atoms. The molecule has 2 aromatic rings. The standard InChI is InChI=1S/C33H48N8O6/c1-38-29(13-30(36-25-18-45-19-25)37-33(38)41-10-8-40(9-11-41)32(44)22-2-3-22)31(43)35-14-26(42)17-39-7-6-23-12-27(5-4-24(23)16-39)46-20-28-15-34-21-47-28/h4-5,12,15,21-22,25-26,29-30,33,36-37,42H,2-3,6-11,13-14,16-20H2,1H3,(H,35,43)/t26-,29?,30?,33?/m0/s1. The predicted molar refractivity (Wildman–Crippen MR) is 171 cm³/mol. The van der Waals surface area contributed by atoms with E-state index in [4.69, 9.17) is 13.9 Å². The van der Waals surface area contributed by atoms with Crippen molar-refractivity contribution in [1.82, 2.24) is 40.5 Å². The van der Waals surface area contributed by atoms with Crippen molar-refractivity contribution in [2.75, 3.05) is 66.1 Å². The zero-order chi connectivity index (χ0) is 32.3. The third-order valence-corrected chi connectivity index (χ3v) is 10.1. The number of ether oxygens (including phenoxy) is 2. The molecule has 1 aromatic carbocycles. The molecule has 14 nitrogen and oxygen atoms in total. The third kappa shape index (κ3) is 7.96. The lowest BCUT2D eigenvalue weighted by Gasteiger charge is -2.50. The number of nitrogens with zero attached hydrogens (tertiary/aromatic N) is 5. The van der Waals surface area contributed by atoms with Gasteiger partial charge in [-0.3, -0.25) is 34.9 Å². The van der Waals surface area contributed by atoms with Crippen molar-refractivity contribution in [3.8, 4) is 5.75 Å². The molecule has 5 heterocycles. The second-order valence-electron chi connectivity index (χ2n) is 13.6. The number of likely N-dealkylation sites (N-methyl/N-ethyl adjacent to an activating group) is 1. The first-order valence-electron chi connectivity index (χ1n) is 17.0. The molecule has 5 aliphatic rings. The molecular formula is C33H48N8O6. The maximum absolute atomic E-state index is 13.6. The Labute approximate surface area is 275 Å². The van der Waals surface area contributed by atoms with E-state index in [1.54, 1.807) is 6.20 Å². The van der Waals surface area contributed by atoms with Crippen LogP contribution in [0.4, 0.5) is 0 Å². The van der Waals surface area contributed by atoms with Crippen LogP contribution in [0.1, 0.15) is 36.1 Å². The van der Waals surface area contributed by atoms with E-state index < -0.39 is 6.10 Å². The summed E-state index contributed by atoms with van der Waals surface area (Å²) in [6.07, 6.45) is 5.64. The van der Waals surface area contributed by atoms with Crippen LogP contribution >= 0.6 is 0 Å². The minimum absolute atomic E-state index is 0.0571. The number of aromatic nitrogens is 1. The molecule has 14 heteroatoms. The summed E-state index contributed by atoms with van der Waals surface area (Å²) in [5.74, 6) is 1.92. The monoisotopic (exact) mass is 652 g/mol. The van der Waals surface area contributed by atoms with E-state index in [-0.39, 0.29) is 42.9 Å². The van der Waals surface area contributed by atoms with Crippen molar-refractivity contribution in [3.63, 3.8) is 0 Å². The van der Waals surface area contributed by atoms with Crippen LogP contribution in [0.25, 0.3) is 0 Å². The maximum atomic E-state index is 13.6. The highest BCUT2D eigenvalue weighted by Gasteiger charge is 2.42. The fourth-order valence-corrected chi connectivity index (χ4v) is 7.09. The average Bonchev–Trinajstić information content (AvgIpc) is 3.79. The molecule has 1 aliphatic carbocycles. The van der Waals surface area contributed by atoms with Crippen molar-refractivity contribution in [2.24, 2.45) is 5.92 Å². The molecular weight excluding hydrogens is 604 g/mol. The highest BCUT2D eigenvalue weighted by molar-refractivity contribution is 5.82. The molecule has 0 spiro atoms. The number of carbonyl (C=O) groups excluding carboxylic acids is 2. The normalized spacial score (nSPS) is 26.8. The van der Waals surface area contributed by atoms with Gasteiger partial charge in [0.25, 0.3) is 0 Å². The SMILES string of the molecule is CN1C(C(=O)NC[C@H](O)CN2CCc3cc(OCc4cnco4)ccc3C2)CC(NC2COC2)NC1N1CCN(C(=O)C2CC2)CC1. The first-order chi connectivity index (χ1) is 22.9. The Morgan fingerprint density at radius 2 is 1.98 bits per heavy atom. The van der Waals surface area contributed by atoms with Crippen LogP contribution in [0.15, 0.2) is 35.2 Å². The number of oxazole rings is 1. The number of rotatable bonds is 12. The number of aliphatic hydroxyl groups excluding tert-OH is 1. The van der Waals surface area contributed by atoms with Gasteiger partial charge in [0.05, 0.1) is 43.8 Å². The van der Waals surface area contributed by atoms with Gasteiger partial charge in [0.15, 0.2) is 12.2 Å². The van der Waals surface area contributed by atoms with Crippen molar-refractivity contribution in [2.45, 2.75) is 69.5 Å². The Balaban J connectivity index is 0.898. The predicted octanol–water partition coefficient (Wildman–Crippen LogP) is -0.465. The molecule has 7 rings (SSSR count). The highest BCUT2D eigenvalue weighted by atomic mass is 16.5. The highest BCUT2D eigenvalue weighted by Crippen LogP contribution is 2.31. The Morgan fingerprint density at radius 3 is 2.70 bits per heavy atom. The van der Waals surface area contributed by atoms with Gasteiger partial charge in [-0.15, -0.1) is 0 Å². The number of carbonyl (C=O) groups is 2. The fraction of sp³-hybridized carbons (Fsp3) is 0.667. The molecule has 2 amide bonds. The van der Waals surface area contributed by atoms with Crippen LogP contribution in [0.3, 0.4) is 0 Å². The third-order valence-electron chi connectivity index (χ3n) is 10.1. The smallest absolute Gasteiger partial charge is 0.237 e. The second-order valence-corrected chi connectivity index (χ2v) is 13.6. The second kappa shape index (κ2) is 14.6.